The Morgan fingerprint density at radius 1 is 1.42 bits per heavy atom. The number of piperidine rings is 1. The molecule has 0 radical (unpaired) electrons. The lowest BCUT2D eigenvalue weighted by Gasteiger charge is -2.29. The standard InChI is InChI=1S/C18H24N6/c1-13(20-2)21-8-6-15(19)14-12-23-18-17(14)16(7-9-22-18)24-10-4-3-5-11-24/h6-9,12,20H,1,3-5,10-11,19H2,2H3,(H,22,23)/b15-6-,21-8?. The van der Waals surface area contributed by atoms with Gasteiger partial charge in [0, 0.05) is 55.7 Å². The van der Waals surface area contributed by atoms with E-state index in [4.69, 9.17) is 5.73 Å². The summed E-state index contributed by atoms with van der Waals surface area (Å²) in [7, 11) is 1.78. The average Bonchev–Trinajstić information content (AvgIpc) is 3.06. The Morgan fingerprint density at radius 3 is 2.96 bits per heavy atom. The number of pyridine rings is 1. The third kappa shape index (κ3) is 3.27. The molecule has 2 aromatic heterocycles. The summed E-state index contributed by atoms with van der Waals surface area (Å²) in [6, 6.07) is 2.08. The van der Waals surface area contributed by atoms with Crippen LogP contribution in [0.3, 0.4) is 0 Å². The second-order valence-electron chi connectivity index (χ2n) is 5.90. The summed E-state index contributed by atoms with van der Waals surface area (Å²) in [6.45, 7) is 5.92. The molecule has 2 aromatic rings. The summed E-state index contributed by atoms with van der Waals surface area (Å²) in [5.41, 5.74) is 9.96. The molecular weight excluding hydrogens is 300 g/mol. The molecule has 126 valence electrons. The maximum absolute atomic E-state index is 6.29. The number of rotatable bonds is 5. The molecule has 0 spiro atoms. The van der Waals surface area contributed by atoms with Crippen LogP contribution in [0.5, 0.6) is 0 Å². The molecule has 0 bridgehead atoms. The Balaban J connectivity index is 1.98. The van der Waals surface area contributed by atoms with Crippen molar-refractivity contribution in [3.63, 3.8) is 0 Å². The highest BCUT2D eigenvalue weighted by Gasteiger charge is 2.17. The summed E-state index contributed by atoms with van der Waals surface area (Å²) >= 11 is 0. The van der Waals surface area contributed by atoms with Gasteiger partial charge < -0.3 is 20.9 Å². The molecule has 3 heterocycles. The zero-order valence-electron chi connectivity index (χ0n) is 14.0. The van der Waals surface area contributed by atoms with Gasteiger partial charge in [0.25, 0.3) is 0 Å². The first-order valence-electron chi connectivity index (χ1n) is 8.28. The van der Waals surface area contributed by atoms with Crippen molar-refractivity contribution in [1.29, 1.82) is 0 Å². The van der Waals surface area contributed by atoms with E-state index < -0.39 is 0 Å². The van der Waals surface area contributed by atoms with E-state index in [0.29, 0.717) is 11.5 Å². The van der Waals surface area contributed by atoms with Gasteiger partial charge in [-0.15, -0.1) is 0 Å². The number of hydrogen-bond donors (Lipinski definition) is 3. The zero-order chi connectivity index (χ0) is 16.9. The van der Waals surface area contributed by atoms with Crippen LogP contribution in [0.15, 0.2) is 41.9 Å². The third-order valence-electron chi connectivity index (χ3n) is 4.33. The second-order valence-corrected chi connectivity index (χ2v) is 5.90. The smallest absolute Gasteiger partial charge is 0.140 e. The number of allylic oxidation sites excluding steroid dienone is 1. The minimum absolute atomic E-state index is 0.591. The molecule has 1 fully saturated rings. The van der Waals surface area contributed by atoms with Crippen LogP contribution in [-0.4, -0.2) is 36.3 Å². The van der Waals surface area contributed by atoms with Crippen molar-refractivity contribution in [3.05, 3.63) is 42.5 Å². The molecule has 24 heavy (non-hydrogen) atoms. The van der Waals surface area contributed by atoms with Crippen LogP contribution in [0.2, 0.25) is 0 Å². The molecule has 4 N–H and O–H groups in total. The number of anilines is 1. The van der Waals surface area contributed by atoms with Crippen molar-refractivity contribution in [3.8, 4) is 0 Å². The van der Waals surface area contributed by atoms with Gasteiger partial charge in [0.05, 0.1) is 5.39 Å². The van der Waals surface area contributed by atoms with Crippen LogP contribution in [0, 0.1) is 0 Å². The molecule has 1 saturated heterocycles. The number of aromatic amines is 1. The fourth-order valence-corrected chi connectivity index (χ4v) is 3.03. The molecule has 0 aromatic carbocycles. The number of nitrogens with two attached hydrogens (primary N) is 1. The molecule has 3 rings (SSSR count). The van der Waals surface area contributed by atoms with E-state index in [1.165, 1.54) is 24.9 Å². The van der Waals surface area contributed by atoms with E-state index in [0.717, 1.165) is 29.7 Å². The normalized spacial score (nSPS) is 16.0. The summed E-state index contributed by atoms with van der Waals surface area (Å²) in [6.07, 6.45) is 11.0. The minimum Gasteiger partial charge on any atom is -0.398 e. The molecule has 1 aliphatic heterocycles. The van der Waals surface area contributed by atoms with E-state index in [1.807, 2.05) is 12.4 Å². The predicted molar refractivity (Wildman–Crippen MR) is 101 cm³/mol. The summed E-state index contributed by atoms with van der Waals surface area (Å²) in [5, 5.41) is 3.95. The molecular formula is C18H24N6. The maximum atomic E-state index is 6.29. The van der Waals surface area contributed by atoms with Crippen molar-refractivity contribution in [2.75, 3.05) is 25.0 Å². The molecule has 0 amide bonds. The lowest BCUT2D eigenvalue weighted by molar-refractivity contribution is 0.579. The number of aromatic nitrogens is 2. The fourth-order valence-electron chi connectivity index (χ4n) is 3.03. The molecule has 0 saturated carbocycles. The van der Waals surface area contributed by atoms with E-state index in [1.54, 1.807) is 19.3 Å². The van der Waals surface area contributed by atoms with Gasteiger partial charge in [0.1, 0.15) is 11.5 Å². The van der Waals surface area contributed by atoms with E-state index in [2.05, 4.69) is 37.8 Å². The third-order valence-corrected chi connectivity index (χ3v) is 4.33. The highest BCUT2D eigenvalue weighted by Crippen LogP contribution is 2.32. The quantitative estimate of drug-likeness (QED) is 0.738. The second kappa shape index (κ2) is 7.21. The Labute approximate surface area is 142 Å². The number of H-pyrrole nitrogens is 1. The van der Waals surface area contributed by atoms with Crippen molar-refractivity contribution in [1.82, 2.24) is 15.3 Å². The van der Waals surface area contributed by atoms with Crippen molar-refractivity contribution in [2.45, 2.75) is 19.3 Å². The Bertz CT molecular complexity index is 780. The van der Waals surface area contributed by atoms with Gasteiger partial charge >= 0.3 is 0 Å². The van der Waals surface area contributed by atoms with Crippen molar-refractivity contribution >= 4 is 28.6 Å². The van der Waals surface area contributed by atoms with Crippen LogP contribution in [0.4, 0.5) is 5.69 Å². The maximum Gasteiger partial charge on any atom is 0.140 e. The Hall–Kier alpha value is -2.76. The molecule has 0 aliphatic carbocycles. The number of hydrogen-bond acceptors (Lipinski definition) is 5. The zero-order valence-corrected chi connectivity index (χ0v) is 14.0. The highest BCUT2D eigenvalue weighted by molar-refractivity contribution is 6.01. The number of nitrogens with one attached hydrogen (secondary N) is 2. The number of nitrogens with zero attached hydrogens (tertiary/aromatic N) is 3. The molecule has 0 atom stereocenters. The topological polar surface area (TPSA) is 82.3 Å². The molecule has 1 aliphatic rings. The van der Waals surface area contributed by atoms with Gasteiger partial charge in [-0.2, -0.15) is 0 Å². The van der Waals surface area contributed by atoms with Crippen LogP contribution in [0.1, 0.15) is 24.8 Å². The fraction of sp³-hybridized carbons (Fsp3) is 0.333. The van der Waals surface area contributed by atoms with Crippen LogP contribution < -0.4 is 16.0 Å². The molecule has 0 unspecified atom stereocenters. The van der Waals surface area contributed by atoms with Crippen LogP contribution in [-0.2, 0) is 0 Å². The van der Waals surface area contributed by atoms with E-state index in [-0.39, 0.29) is 0 Å². The Kier molecular flexibility index (Phi) is 4.84. The lowest BCUT2D eigenvalue weighted by Crippen LogP contribution is -2.29. The van der Waals surface area contributed by atoms with Crippen molar-refractivity contribution in [2.24, 2.45) is 10.7 Å². The van der Waals surface area contributed by atoms with Crippen LogP contribution in [0.25, 0.3) is 16.7 Å². The van der Waals surface area contributed by atoms with Crippen LogP contribution >= 0.6 is 0 Å². The van der Waals surface area contributed by atoms with Gasteiger partial charge in [-0.1, -0.05) is 6.58 Å². The van der Waals surface area contributed by atoms with Gasteiger partial charge in [-0.25, -0.2) is 9.98 Å². The predicted octanol–water partition coefficient (Wildman–Crippen LogP) is 2.61. The minimum atomic E-state index is 0.591. The summed E-state index contributed by atoms with van der Waals surface area (Å²) in [4.78, 5) is 14.3. The first-order chi connectivity index (χ1) is 11.7. The van der Waals surface area contributed by atoms with Gasteiger partial charge in [-0.3, -0.25) is 0 Å². The van der Waals surface area contributed by atoms with Gasteiger partial charge in [0.2, 0.25) is 0 Å². The first-order valence-corrected chi connectivity index (χ1v) is 8.28. The summed E-state index contributed by atoms with van der Waals surface area (Å²) in [5.74, 6) is 0.591. The molecule has 6 heteroatoms. The van der Waals surface area contributed by atoms with E-state index >= 15 is 0 Å². The van der Waals surface area contributed by atoms with Gasteiger partial charge in [-0.05, 0) is 31.4 Å². The SMILES string of the molecule is C=C(N=C/C=C(\N)c1c[nH]c2nccc(N3CCCCC3)c12)NC. The highest BCUT2D eigenvalue weighted by atomic mass is 15.1. The Morgan fingerprint density at radius 2 is 2.21 bits per heavy atom. The van der Waals surface area contributed by atoms with Crippen molar-refractivity contribution < 1.29 is 0 Å². The average molecular weight is 324 g/mol. The monoisotopic (exact) mass is 324 g/mol. The number of fused-ring (bicyclic) bond motifs is 1. The van der Waals surface area contributed by atoms with Gasteiger partial charge in [0.15, 0.2) is 0 Å². The lowest BCUT2D eigenvalue weighted by atomic mass is 10.1. The van der Waals surface area contributed by atoms with E-state index in [9.17, 15) is 0 Å². The number of aliphatic imine (C=N–C) groups is 1. The summed E-state index contributed by atoms with van der Waals surface area (Å²) < 4.78 is 0. The first kappa shape index (κ1) is 16.1. The molecule has 6 nitrogen and oxygen atoms in total. The largest absolute Gasteiger partial charge is 0.398 e.